The van der Waals surface area contributed by atoms with Gasteiger partial charge in [0, 0.05) is 19.0 Å². The zero-order chi connectivity index (χ0) is 13.9. The quantitative estimate of drug-likeness (QED) is 0.674. The lowest BCUT2D eigenvalue weighted by Crippen LogP contribution is -2.33. The Labute approximate surface area is 120 Å². The first-order chi connectivity index (χ1) is 9.27. The minimum absolute atomic E-state index is 0.248. The van der Waals surface area contributed by atoms with Crippen LogP contribution in [0.15, 0.2) is 30.3 Å². The molecular formula is C15H22ClNO2. The molecule has 1 rings (SSSR count). The summed E-state index contributed by atoms with van der Waals surface area (Å²) < 4.78 is 5.33. The molecule has 0 bridgehead atoms. The van der Waals surface area contributed by atoms with E-state index in [-0.39, 0.29) is 6.09 Å². The fourth-order valence-electron chi connectivity index (χ4n) is 1.70. The minimum Gasteiger partial charge on any atom is -0.445 e. The summed E-state index contributed by atoms with van der Waals surface area (Å²) in [6.45, 7) is 3.83. The Balaban J connectivity index is 2.41. The van der Waals surface area contributed by atoms with E-state index in [0.717, 1.165) is 31.4 Å². The summed E-state index contributed by atoms with van der Waals surface area (Å²) in [4.78, 5) is 13.7. The van der Waals surface area contributed by atoms with Crippen molar-refractivity contribution in [2.75, 3.05) is 19.0 Å². The molecule has 0 aromatic heterocycles. The SMILES string of the molecule is CCCCN(CCCCl)C(=O)OCc1ccccc1. The molecule has 0 spiro atoms. The minimum atomic E-state index is -0.248. The largest absolute Gasteiger partial charge is 0.445 e. The van der Waals surface area contributed by atoms with Gasteiger partial charge in [-0.25, -0.2) is 4.79 Å². The van der Waals surface area contributed by atoms with Gasteiger partial charge in [-0.3, -0.25) is 0 Å². The van der Waals surface area contributed by atoms with Gasteiger partial charge < -0.3 is 9.64 Å². The smallest absolute Gasteiger partial charge is 0.410 e. The molecule has 19 heavy (non-hydrogen) atoms. The van der Waals surface area contributed by atoms with Crippen LogP contribution in [-0.2, 0) is 11.3 Å². The number of carbonyl (C=O) groups excluding carboxylic acids is 1. The van der Waals surface area contributed by atoms with Gasteiger partial charge in [0.15, 0.2) is 0 Å². The molecule has 1 aromatic carbocycles. The summed E-state index contributed by atoms with van der Waals surface area (Å²) in [6, 6.07) is 9.71. The second-order valence-corrected chi connectivity index (χ2v) is 4.80. The number of unbranched alkanes of at least 4 members (excludes halogenated alkanes) is 1. The number of carbonyl (C=O) groups is 1. The van der Waals surface area contributed by atoms with Crippen LogP contribution in [0, 0.1) is 0 Å². The Hall–Kier alpha value is -1.22. The third-order valence-corrected chi connectivity index (χ3v) is 3.07. The van der Waals surface area contributed by atoms with Crippen LogP contribution in [-0.4, -0.2) is 30.0 Å². The summed E-state index contributed by atoms with van der Waals surface area (Å²) in [5.41, 5.74) is 1.00. The van der Waals surface area contributed by atoms with Crippen LogP contribution in [0.5, 0.6) is 0 Å². The lowest BCUT2D eigenvalue weighted by Gasteiger charge is -2.21. The zero-order valence-corrected chi connectivity index (χ0v) is 12.2. The molecule has 1 aromatic rings. The van der Waals surface area contributed by atoms with Crippen molar-refractivity contribution in [3.05, 3.63) is 35.9 Å². The number of ether oxygens (including phenoxy) is 1. The molecule has 0 atom stereocenters. The number of amides is 1. The molecule has 0 aliphatic rings. The molecule has 0 aliphatic carbocycles. The van der Waals surface area contributed by atoms with Crippen LogP contribution in [0.25, 0.3) is 0 Å². The van der Waals surface area contributed by atoms with Crippen molar-refractivity contribution in [2.45, 2.75) is 32.8 Å². The average molecular weight is 284 g/mol. The predicted molar refractivity (Wildman–Crippen MR) is 78.4 cm³/mol. The number of rotatable bonds is 8. The molecule has 0 aliphatic heterocycles. The fraction of sp³-hybridized carbons (Fsp3) is 0.533. The highest BCUT2D eigenvalue weighted by atomic mass is 35.5. The van der Waals surface area contributed by atoms with Crippen molar-refractivity contribution < 1.29 is 9.53 Å². The molecule has 0 heterocycles. The summed E-state index contributed by atoms with van der Waals surface area (Å²) in [5, 5.41) is 0. The van der Waals surface area contributed by atoms with Gasteiger partial charge in [0.2, 0.25) is 0 Å². The fourth-order valence-corrected chi connectivity index (χ4v) is 1.82. The van der Waals surface area contributed by atoms with E-state index in [4.69, 9.17) is 16.3 Å². The second kappa shape index (κ2) is 9.68. The zero-order valence-electron chi connectivity index (χ0n) is 11.5. The summed E-state index contributed by atoms with van der Waals surface area (Å²) >= 11 is 5.68. The summed E-state index contributed by atoms with van der Waals surface area (Å²) in [7, 11) is 0. The number of benzene rings is 1. The lowest BCUT2D eigenvalue weighted by molar-refractivity contribution is 0.0957. The summed E-state index contributed by atoms with van der Waals surface area (Å²) in [5.74, 6) is 0.564. The Morgan fingerprint density at radius 2 is 1.89 bits per heavy atom. The van der Waals surface area contributed by atoms with Gasteiger partial charge in [-0.15, -0.1) is 11.6 Å². The molecular weight excluding hydrogens is 262 g/mol. The summed E-state index contributed by atoms with van der Waals surface area (Å²) in [6.07, 6.45) is 2.60. The van der Waals surface area contributed by atoms with Crippen molar-refractivity contribution in [2.24, 2.45) is 0 Å². The van der Waals surface area contributed by atoms with E-state index in [9.17, 15) is 4.79 Å². The molecule has 4 heteroatoms. The van der Waals surface area contributed by atoms with Gasteiger partial charge in [-0.1, -0.05) is 43.7 Å². The molecule has 1 amide bonds. The Kier molecular flexibility index (Phi) is 8.07. The van der Waals surface area contributed by atoms with Gasteiger partial charge in [0.05, 0.1) is 0 Å². The van der Waals surface area contributed by atoms with Gasteiger partial charge in [0.1, 0.15) is 6.61 Å². The van der Waals surface area contributed by atoms with Crippen molar-refractivity contribution in [3.8, 4) is 0 Å². The first-order valence-electron chi connectivity index (χ1n) is 6.79. The normalized spacial score (nSPS) is 10.2. The molecule has 0 radical (unpaired) electrons. The number of alkyl halides is 1. The predicted octanol–water partition coefficient (Wildman–Crippen LogP) is 4.05. The maximum absolute atomic E-state index is 12.0. The van der Waals surface area contributed by atoms with Gasteiger partial charge >= 0.3 is 6.09 Å². The van der Waals surface area contributed by atoms with Crippen molar-refractivity contribution in [1.29, 1.82) is 0 Å². The van der Waals surface area contributed by atoms with E-state index in [1.54, 1.807) is 4.90 Å². The van der Waals surface area contributed by atoms with Crippen LogP contribution in [0.4, 0.5) is 4.79 Å². The van der Waals surface area contributed by atoms with Crippen LogP contribution in [0.2, 0.25) is 0 Å². The lowest BCUT2D eigenvalue weighted by atomic mass is 10.2. The molecule has 0 fully saturated rings. The maximum Gasteiger partial charge on any atom is 0.410 e. The first-order valence-corrected chi connectivity index (χ1v) is 7.33. The van der Waals surface area contributed by atoms with Crippen LogP contribution >= 0.6 is 11.6 Å². The highest BCUT2D eigenvalue weighted by Gasteiger charge is 2.13. The molecule has 0 N–H and O–H groups in total. The Morgan fingerprint density at radius 3 is 2.53 bits per heavy atom. The highest BCUT2D eigenvalue weighted by Crippen LogP contribution is 2.05. The molecule has 0 unspecified atom stereocenters. The van der Waals surface area contributed by atoms with Crippen molar-refractivity contribution in [1.82, 2.24) is 4.90 Å². The number of hydrogen-bond acceptors (Lipinski definition) is 2. The number of halogens is 1. The first kappa shape index (κ1) is 15.8. The van der Waals surface area contributed by atoms with Crippen molar-refractivity contribution >= 4 is 17.7 Å². The van der Waals surface area contributed by atoms with E-state index in [1.807, 2.05) is 30.3 Å². The molecule has 0 saturated heterocycles. The Morgan fingerprint density at radius 1 is 1.21 bits per heavy atom. The van der Waals surface area contributed by atoms with E-state index < -0.39 is 0 Å². The van der Waals surface area contributed by atoms with E-state index in [1.165, 1.54) is 0 Å². The highest BCUT2D eigenvalue weighted by molar-refractivity contribution is 6.17. The van der Waals surface area contributed by atoms with Gasteiger partial charge in [0.25, 0.3) is 0 Å². The van der Waals surface area contributed by atoms with Gasteiger partial charge in [-0.05, 0) is 18.4 Å². The topological polar surface area (TPSA) is 29.5 Å². The molecule has 0 saturated carbocycles. The van der Waals surface area contributed by atoms with Crippen LogP contribution in [0.1, 0.15) is 31.7 Å². The average Bonchev–Trinajstić information content (AvgIpc) is 2.46. The standard InChI is InChI=1S/C15H22ClNO2/c1-2-3-11-17(12-7-10-16)15(18)19-13-14-8-5-4-6-9-14/h4-6,8-9H,2-3,7,10-13H2,1H3. The monoisotopic (exact) mass is 283 g/mol. The molecule has 3 nitrogen and oxygen atoms in total. The van der Waals surface area contributed by atoms with E-state index in [2.05, 4.69) is 6.92 Å². The molecule has 106 valence electrons. The number of nitrogens with zero attached hydrogens (tertiary/aromatic N) is 1. The Bertz CT molecular complexity index is 348. The van der Waals surface area contributed by atoms with Crippen LogP contribution in [0.3, 0.4) is 0 Å². The number of hydrogen-bond donors (Lipinski definition) is 0. The van der Waals surface area contributed by atoms with Gasteiger partial charge in [-0.2, -0.15) is 0 Å². The van der Waals surface area contributed by atoms with Crippen LogP contribution < -0.4 is 0 Å². The van der Waals surface area contributed by atoms with E-state index in [0.29, 0.717) is 19.0 Å². The van der Waals surface area contributed by atoms with E-state index >= 15 is 0 Å². The third-order valence-electron chi connectivity index (χ3n) is 2.81. The maximum atomic E-state index is 12.0. The second-order valence-electron chi connectivity index (χ2n) is 4.42. The third kappa shape index (κ3) is 6.48. The van der Waals surface area contributed by atoms with Crippen molar-refractivity contribution in [3.63, 3.8) is 0 Å².